The van der Waals surface area contributed by atoms with Gasteiger partial charge in [0, 0.05) is 12.7 Å². The number of hydrogen-bond donors (Lipinski definition) is 1. The van der Waals surface area contributed by atoms with Crippen molar-refractivity contribution in [3.8, 4) is 11.5 Å². The van der Waals surface area contributed by atoms with Crippen molar-refractivity contribution in [1.82, 2.24) is 20.1 Å². The van der Waals surface area contributed by atoms with E-state index in [1.54, 1.807) is 12.3 Å². The van der Waals surface area contributed by atoms with Crippen LogP contribution in [0.25, 0.3) is 11.5 Å². The standard InChI is InChI=1S/C8H9N5O/c1-2-10-8-12-7(13-14-8)6-3-4-9-5-11-6/h3-5H,2H2,1H3,(H,10,12,13). The minimum Gasteiger partial charge on any atom is -0.338 e. The summed E-state index contributed by atoms with van der Waals surface area (Å²) in [6.07, 6.45) is 3.07. The van der Waals surface area contributed by atoms with Gasteiger partial charge in [0.15, 0.2) is 0 Å². The van der Waals surface area contributed by atoms with E-state index < -0.39 is 0 Å². The maximum atomic E-state index is 4.93. The van der Waals surface area contributed by atoms with Crippen molar-refractivity contribution in [2.75, 3.05) is 11.9 Å². The van der Waals surface area contributed by atoms with Gasteiger partial charge in [-0.1, -0.05) is 5.16 Å². The van der Waals surface area contributed by atoms with Crippen LogP contribution < -0.4 is 5.32 Å². The Morgan fingerprint density at radius 2 is 2.43 bits per heavy atom. The fourth-order valence-corrected chi connectivity index (χ4v) is 0.974. The summed E-state index contributed by atoms with van der Waals surface area (Å²) < 4.78 is 4.93. The second-order valence-corrected chi connectivity index (χ2v) is 2.55. The average molecular weight is 191 g/mol. The van der Waals surface area contributed by atoms with Crippen LogP contribution in [-0.4, -0.2) is 26.7 Å². The minimum atomic E-state index is 0.404. The number of rotatable bonds is 3. The van der Waals surface area contributed by atoms with Crippen molar-refractivity contribution in [2.45, 2.75) is 6.92 Å². The Labute approximate surface area is 80.4 Å². The molecule has 2 aromatic rings. The van der Waals surface area contributed by atoms with Gasteiger partial charge in [-0.2, -0.15) is 4.98 Å². The van der Waals surface area contributed by atoms with E-state index >= 15 is 0 Å². The van der Waals surface area contributed by atoms with Crippen LogP contribution in [0.3, 0.4) is 0 Å². The molecule has 0 aromatic carbocycles. The zero-order valence-electron chi connectivity index (χ0n) is 7.64. The molecule has 0 fully saturated rings. The predicted octanol–water partition coefficient (Wildman–Crippen LogP) is 0.958. The summed E-state index contributed by atoms with van der Waals surface area (Å²) in [5.41, 5.74) is 0.646. The predicted molar refractivity (Wildman–Crippen MR) is 49.5 cm³/mol. The fraction of sp³-hybridized carbons (Fsp3) is 0.250. The molecule has 0 aliphatic heterocycles. The van der Waals surface area contributed by atoms with Crippen molar-refractivity contribution in [2.24, 2.45) is 0 Å². The molecule has 0 bridgehead atoms. The molecule has 72 valence electrons. The van der Waals surface area contributed by atoms with Crippen LogP contribution in [0.5, 0.6) is 0 Å². The first kappa shape index (κ1) is 8.61. The van der Waals surface area contributed by atoms with Crippen molar-refractivity contribution < 1.29 is 4.52 Å². The van der Waals surface area contributed by atoms with Crippen LogP contribution in [0, 0.1) is 0 Å². The van der Waals surface area contributed by atoms with Crippen LogP contribution in [-0.2, 0) is 0 Å². The summed E-state index contributed by atoms with van der Waals surface area (Å²) in [5.74, 6) is 0.461. The molecule has 0 aliphatic carbocycles. The normalized spacial score (nSPS) is 10.1. The smallest absolute Gasteiger partial charge is 0.321 e. The number of hydrogen-bond acceptors (Lipinski definition) is 6. The van der Waals surface area contributed by atoms with Gasteiger partial charge in [0.1, 0.15) is 12.0 Å². The molecule has 0 spiro atoms. The zero-order valence-corrected chi connectivity index (χ0v) is 7.64. The number of nitrogens with zero attached hydrogens (tertiary/aromatic N) is 4. The first-order chi connectivity index (χ1) is 6.90. The summed E-state index contributed by atoms with van der Waals surface area (Å²) in [6, 6.07) is 2.13. The Morgan fingerprint density at radius 3 is 3.14 bits per heavy atom. The molecule has 0 unspecified atom stereocenters. The highest BCUT2D eigenvalue weighted by Crippen LogP contribution is 2.13. The number of anilines is 1. The lowest BCUT2D eigenvalue weighted by molar-refractivity contribution is 0.432. The minimum absolute atomic E-state index is 0.404. The fourth-order valence-electron chi connectivity index (χ4n) is 0.974. The molecule has 14 heavy (non-hydrogen) atoms. The van der Waals surface area contributed by atoms with Gasteiger partial charge >= 0.3 is 6.01 Å². The SMILES string of the molecule is CCNc1nc(-c2ccncn2)no1. The third-order valence-corrected chi connectivity index (χ3v) is 1.57. The molecule has 2 rings (SSSR count). The topological polar surface area (TPSA) is 76.7 Å². The van der Waals surface area contributed by atoms with Crippen LogP contribution in [0.15, 0.2) is 23.1 Å². The van der Waals surface area contributed by atoms with Crippen molar-refractivity contribution in [3.63, 3.8) is 0 Å². The van der Waals surface area contributed by atoms with E-state index in [1.807, 2.05) is 6.92 Å². The Balaban J connectivity index is 2.25. The van der Waals surface area contributed by atoms with E-state index in [-0.39, 0.29) is 0 Å². The molecule has 6 heteroatoms. The molecule has 6 nitrogen and oxygen atoms in total. The van der Waals surface area contributed by atoms with Gasteiger partial charge in [0.05, 0.1) is 0 Å². The van der Waals surface area contributed by atoms with E-state index in [9.17, 15) is 0 Å². The van der Waals surface area contributed by atoms with Gasteiger partial charge in [0.25, 0.3) is 0 Å². The van der Waals surface area contributed by atoms with Gasteiger partial charge < -0.3 is 9.84 Å². The maximum Gasteiger partial charge on any atom is 0.321 e. The van der Waals surface area contributed by atoms with E-state index in [2.05, 4.69) is 25.4 Å². The summed E-state index contributed by atoms with van der Waals surface area (Å²) in [4.78, 5) is 11.9. The van der Waals surface area contributed by atoms with Crippen molar-refractivity contribution in [3.05, 3.63) is 18.6 Å². The molecule has 2 heterocycles. The Morgan fingerprint density at radius 1 is 1.50 bits per heavy atom. The quantitative estimate of drug-likeness (QED) is 0.778. The van der Waals surface area contributed by atoms with Gasteiger partial charge in [-0.25, -0.2) is 9.97 Å². The zero-order chi connectivity index (χ0) is 9.80. The van der Waals surface area contributed by atoms with Crippen LogP contribution in [0.1, 0.15) is 6.92 Å². The highest BCUT2D eigenvalue weighted by Gasteiger charge is 2.07. The lowest BCUT2D eigenvalue weighted by Crippen LogP contribution is -1.96. The largest absolute Gasteiger partial charge is 0.338 e. The second kappa shape index (κ2) is 3.82. The first-order valence-corrected chi connectivity index (χ1v) is 4.24. The first-order valence-electron chi connectivity index (χ1n) is 4.24. The Kier molecular flexibility index (Phi) is 2.35. The summed E-state index contributed by atoms with van der Waals surface area (Å²) in [5, 5.41) is 6.68. The number of nitrogens with one attached hydrogen (secondary N) is 1. The molecule has 2 aromatic heterocycles. The summed E-state index contributed by atoms with van der Waals surface area (Å²) in [7, 11) is 0. The molecular weight excluding hydrogens is 182 g/mol. The van der Waals surface area contributed by atoms with Crippen molar-refractivity contribution >= 4 is 6.01 Å². The lowest BCUT2D eigenvalue weighted by atomic mass is 10.4. The number of aromatic nitrogens is 4. The van der Waals surface area contributed by atoms with Crippen molar-refractivity contribution in [1.29, 1.82) is 0 Å². The third-order valence-electron chi connectivity index (χ3n) is 1.57. The van der Waals surface area contributed by atoms with Gasteiger partial charge in [-0.3, -0.25) is 0 Å². The van der Waals surface area contributed by atoms with E-state index in [4.69, 9.17) is 4.52 Å². The summed E-state index contributed by atoms with van der Waals surface area (Å²) in [6.45, 7) is 2.69. The molecule has 0 amide bonds. The molecule has 0 saturated carbocycles. The molecule has 0 radical (unpaired) electrons. The lowest BCUT2D eigenvalue weighted by Gasteiger charge is -1.90. The Hall–Kier alpha value is -1.98. The molecule has 0 saturated heterocycles. The summed E-state index contributed by atoms with van der Waals surface area (Å²) >= 11 is 0. The van der Waals surface area contributed by atoms with Gasteiger partial charge in [-0.15, -0.1) is 0 Å². The average Bonchev–Trinajstić information content (AvgIpc) is 2.68. The van der Waals surface area contributed by atoms with E-state index in [0.29, 0.717) is 17.5 Å². The van der Waals surface area contributed by atoms with Gasteiger partial charge in [-0.05, 0) is 13.0 Å². The highest BCUT2D eigenvalue weighted by atomic mass is 16.5. The molecule has 1 N–H and O–H groups in total. The molecular formula is C8H9N5O. The van der Waals surface area contributed by atoms with E-state index in [0.717, 1.165) is 6.54 Å². The highest BCUT2D eigenvalue weighted by molar-refractivity contribution is 5.48. The Bertz CT molecular complexity index is 399. The van der Waals surface area contributed by atoms with Crippen LogP contribution in [0.4, 0.5) is 6.01 Å². The van der Waals surface area contributed by atoms with E-state index in [1.165, 1.54) is 6.33 Å². The monoisotopic (exact) mass is 191 g/mol. The maximum absolute atomic E-state index is 4.93. The third kappa shape index (κ3) is 1.68. The molecule has 0 aliphatic rings. The second-order valence-electron chi connectivity index (χ2n) is 2.55. The van der Waals surface area contributed by atoms with Gasteiger partial charge in [0.2, 0.25) is 5.82 Å². The van der Waals surface area contributed by atoms with Crippen LogP contribution in [0.2, 0.25) is 0 Å². The van der Waals surface area contributed by atoms with Crippen LogP contribution >= 0.6 is 0 Å². The molecule has 0 atom stereocenters.